The van der Waals surface area contributed by atoms with E-state index in [2.05, 4.69) is 0 Å². The maximum absolute atomic E-state index is 11.7. The minimum Gasteiger partial charge on any atom is -0.394 e. The molecule has 4 atom stereocenters. The summed E-state index contributed by atoms with van der Waals surface area (Å²) >= 11 is 0. The second-order valence-electron chi connectivity index (χ2n) is 4.63. The van der Waals surface area contributed by atoms with Crippen molar-refractivity contribution in [3.8, 4) is 0 Å². The lowest BCUT2D eigenvalue weighted by atomic mass is 9.96. The van der Waals surface area contributed by atoms with Gasteiger partial charge in [0.2, 0.25) is 0 Å². The lowest BCUT2D eigenvalue weighted by Crippen LogP contribution is -2.47. The van der Waals surface area contributed by atoms with Crippen molar-refractivity contribution in [2.45, 2.75) is 31.0 Å². The van der Waals surface area contributed by atoms with Gasteiger partial charge in [-0.2, -0.15) is 0 Å². The Morgan fingerprint density at radius 3 is 2.74 bits per heavy atom. The third-order valence-corrected chi connectivity index (χ3v) is 3.18. The second kappa shape index (κ2) is 4.46. The number of hydrogen-bond acceptors (Lipinski definition) is 7. The molecule has 9 nitrogen and oxygen atoms in total. The van der Waals surface area contributed by atoms with Crippen LogP contribution in [0.15, 0.2) is 15.8 Å². The molecule has 6 N–H and O–H groups in total. The Balaban J connectivity index is 2.51. The predicted octanol–water partition coefficient (Wildman–Crippen LogP) is -2.88. The summed E-state index contributed by atoms with van der Waals surface area (Å²) in [6, 6.07) is 0. The number of hydrogen-bond donors (Lipinski definition) is 5. The highest BCUT2D eigenvalue weighted by atomic mass is 16.6. The Bertz CT molecular complexity index is 592. The molecule has 106 valence electrons. The molecular weight excluding hydrogens is 258 g/mol. The zero-order valence-electron chi connectivity index (χ0n) is 10.1. The minimum absolute atomic E-state index is 0.235. The zero-order chi connectivity index (χ0) is 14.4. The molecule has 19 heavy (non-hydrogen) atoms. The van der Waals surface area contributed by atoms with Crippen LogP contribution in [0.5, 0.6) is 0 Å². The van der Waals surface area contributed by atoms with Gasteiger partial charge in [0.05, 0.1) is 6.61 Å². The summed E-state index contributed by atoms with van der Waals surface area (Å²) in [5.41, 5.74) is 1.75. The standard InChI is InChI=1S/C10H15N3O6/c1-10(18)6(15)5(3-14)19-8(10)13-2-4(11)7(16)12-9(13)17/h2,5-6,8,14-15,18H,3,11H2,1H3,(H,12,16,17)/t5-,6-,8-,10-/m1/s1. The van der Waals surface area contributed by atoms with Crippen LogP contribution in [0.3, 0.4) is 0 Å². The normalized spacial score (nSPS) is 34.6. The molecule has 0 saturated carbocycles. The van der Waals surface area contributed by atoms with Gasteiger partial charge < -0.3 is 25.8 Å². The van der Waals surface area contributed by atoms with E-state index in [0.29, 0.717) is 0 Å². The Kier molecular flexibility index (Phi) is 3.22. The topological polar surface area (TPSA) is 151 Å². The van der Waals surface area contributed by atoms with Crippen molar-refractivity contribution in [3.05, 3.63) is 27.0 Å². The first-order valence-corrected chi connectivity index (χ1v) is 5.56. The first-order chi connectivity index (χ1) is 8.78. The van der Waals surface area contributed by atoms with Crippen LogP contribution in [0.2, 0.25) is 0 Å². The molecule has 0 unspecified atom stereocenters. The lowest BCUT2D eigenvalue weighted by molar-refractivity contribution is -0.0986. The molecule has 9 heteroatoms. The van der Waals surface area contributed by atoms with Crippen LogP contribution in [0.1, 0.15) is 13.2 Å². The van der Waals surface area contributed by atoms with Crippen LogP contribution in [0.25, 0.3) is 0 Å². The molecule has 0 bridgehead atoms. The van der Waals surface area contributed by atoms with Gasteiger partial charge in [-0.1, -0.05) is 0 Å². The molecule has 2 rings (SSSR count). The van der Waals surface area contributed by atoms with E-state index < -0.39 is 41.9 Å². The van der Waals surface area contributed by atoms with Gasteiger partial charge in [-0.15, -0.1) is 0 Å². The van der Waals surface area contributed by atoms with E-state index >= 15 is 0 Å². The van der Waals surface area contributed by atoms with Gasteiger partial charge in [0.25, 0.3) is 5.56 Å². The number of aromatic amines is 1. The van der Waals surface area contributed by atoms with E-state index in [-0.39, 0.29) is 5.69 Å². The lowest BCUT2D eigenvalue weighted by Gasteiger charge is -2.27. The highest BCUT2D eigenvalue weighted by Gasteiger charge is 2.53. The van der Waals surface area contributed by atoms with E-state index in [1.165, 1.54) is 6.92 Å². The van der Waals surface area contributed by atoms with Crippen molar-refractivity contribution in [2.24, 2.45) is 0 Å². The monoisotopic (exact) mass is 273 g/mol. The predicted molar refractivity (Wildman–Crippen MR) is 63.4 cm³/mol. The van der Waals surface area contributed by atoms with Gasteiger partial charge in [-0.3, -0.25) is 14.3 Å². The van der Waals surface area contributed by atoms with Gasteiger partial charge in [0.1, 0.15) is 23.5 Å². The average Bonchev–Trinajstić information content (AvgIpc) is 2.56. The van der Waals surface area contributed by atoms with Crippen molar-refractivity contribution in [2.75, 3.05) is 12.3 Å². The summed E-state index contributed by atoms with van der Waals surface area (Å²) in [6.07, 6.45) is -2.68. The number of nitrogens with zero attached hydrogens (tertiary/aromatic N) is 1. The SMILES string of the molecule is C[C@@]1(O)[C@H](O)[C@@H](CO)O[C@H]1n1cc(N)c(=O)[nH]c1=O. The van der Waals surface area contributed by atoms with Crippen molar-refractivity contribution in [1.82, 2.24) is 9.55 Å². The Morgan fingerprint density at radius 1 is 1.58 bits per heavy atom. The van der Waals surface area contributed by atoms with Gasteiger partial charge >= 0.3 is 5.69 Å². The minimum atomic E-state index is -1.82. The number of nitrogens with one attached hydrogen (secondary N) is 1. The number of anilines is 1. The third-order valence-electron chi connectivity index (χ3n) is 3.18. The molecular formula is C10H15N3O6. The molecule has 1 aromatic heterocycles. The number of nitrogens with two attached hydrogens (primary N) is 1. The number of aliphatic hydroxyl groups excluding tert-OH is 2. The molecule has 1 aromatic rings. The van der Waals surface area contributed by atoms with Gasteiger partial charge in [-0.05, 0) is 6.92 Å². The Morgan fingerprint density at radius 2 is 2.21 bits per heavy atom. The maximum atomic E-state index is 11.7. The van der Waals surface area contributed by atoms with Crippen LogP contribution in [0, 0.1) is 0 Å². The van der Waals surface area contributed by atoms with Gasteiger partial charge in [-0.25, -0.2) is 4.79 Å². The molecule has 0 spiro atoms. The number of aromatic nitrogens is 2. The maximum Gasteiger partial charge on any atom is 0.330 e. The van der Waals surface area contributed by atoms with E-state index in [1.54, 1.807) is 0 Å². The summed E-state index contributed by atoms with van der Waals surface area (Å²) in [7, 11) is 0. The molecule has 0 aromatic carbocycles. The van der Waals surface area contributed by atoms with Gasteiger partial charge in [0.15, 0.2) is 6.23 Å². The van der Waals surface area contributed by atoms with Crippen molar-refractivity contribution in [3.63, 3.8) is 0 Å². The van der Waals surface area contributed by atoms with E-state index in [1.807, 2.05) is 4.98 Å². The fourth-order valence-corrected chi connectivity index (χ4v) is 2.07. The zero-order valence-corrected chi connectivity index (χ0v) is 10.1. The van der Waals surface area contributed by atoms with Crippen molar-refractivity contribution in [1.29, 1.82) is 0 Å². The molecule has 0 amide bonds. The van der Waals surface area contributed by atoms with Crippen LogP contribution in [-0.2, 0) is 4.74 Å². The van der Waals surface area contributed by atoms with E-state index in [4.69, 9.17) is 15.6 Å². The molecule has 1 saturated heterocycles. The molecule has 1 aliphatic heterocycles. The highest BCUT2D eigenvalue weighted by Crippen LogP contribution is 2.37. The number of aliphatic hydroxyl groups is 3. The fraction of sp³-hybridized carbons (Fsp3) is 0.600. The smallest absolute Gasteiger partial charge is 0.330 e. The molecule has 0 aliphatic carbocycles. The first-order valence-electron chi connectivity index (χ1n) is 5.56. The number of H-pyrrole nitrogens is 1. The Hall–Kier alpha value is -1.68. The summed E-state index contributed by atoms with van der Waals surface area (Å²) in [5, 5.41) is 29.0. The van der Waals surface area contributed by atoms with E-state index in [9.17, 15) is 19.8 Å². The largest absolute Gasteiger partial charge is 0.394 e. The van der Waals surface area contributed by atoms with Gasteiger partial charge in [0, 0.05) is 6.20 Å². The number of ether oxygens (including phenoxy) is 1. The van der Waals surface area contributed by atoms with Crippen LogP contribution in [0.4, 0.5) is 5.69 Å². The molecule has 0 radical (unpaired) electrons. The molecule has 1 fully saturated rings. The van der Waals surface area contributed by atoms with Crippen LogP contribution < -0.4 is 17.0 Å². The summed E-state index contributed by atoms with van der Waals surface area (Å²) in [6.45, 7) is 0.729. The number of nitrogen functional groups attached to an aromatic ring is 1. The first kappa shape index (κ1) is 13.7. The summed E-state index contributed by atoms with van der Waals surface area (Å²) in [4.78, 5) is 24.8. The van der Waals surface area contributed by atoms with Crippen LogP contribution >= 0.6 is 0 Å². The third kappa shape index (κ3) is 2.06. The van der Waals surface area contributed by atoms with Crippen molar-refractivity contribution < 1.29 is 20.1 Å². The van der Waals surface area contributed by atoms with Crippen LogP contribution in [-0.4, -0.2) is 49.3 Å². The number of rotatable bonds is 2. The Labute approximate surface area is 106 Å². The fourth-order valence-electron chi connectivity index (χ4n) is 2.07. The quantitative estimate of drug-likeness (QED) is 0.388. The second-order valence-corrected chi connectivity index (χ2v) is 4.63. The molecule has 1 aliphatic rings. The van der Waals surface area contributed by atoms with E-state index in [0.717, 1.165) is 10.8 Å². The summed E-state index contributed by atoms with van der Waals surface area (Å²) in [5.74, 6) is 0. The average molecular weight is 273 g/mol. The molecule has 2 heterocycles. The summed E-state index contributed by atoms with van der Waals surface area (Å²) < 4.78 is 6.11. The highest BCUT2D eigenvalue weighted by molar-refractivity contribution is 5.30. The van der Waals surface area contributed by atoms with Crippen molar-refractivity contribution >= 4 is 5.69 Å².